The van der Waals surface area contributed by atoms with E-state index in [1.165, 1.54) is 35.5 Å². The molecule has 1 saturated heterocycles. The fourth-order valence-corrected chi connectivity index (χ4v) is 4.57. The van der Waals surface area contributed by atoms with Gasteiger partial charge in [0, 0.05) is 17.8 Å². The van der Waals surface area contributed by atoms with Crippen molar-refractivity contribution in [3.63, 3.8) is 0 Å². The standard InChI is InChI=1S/C26H33N5O4S/c1-26(2,3)35-25(33)31(17-8-16-30-14-5-4-6-15-30)24-29-28-23(34-24)19-10-12-20(13-11-19)27-22(32)21-9-7-18-36-21/h7,9-13,18H,4-6,8,14-17H2,1-3H3,(H,27,32). The minimum atomic E-state index is -0.644. The van der Waals surface area contributed by atoms with Crippen LogP contribution in [0.25, 0.3) is 11.5 Å². The lowest BCUT2D eigenvalue weighted by Gasteiger charge is -2.28. The summed E-state index contributed by atoms with van der Waals surface area (Å²) in [5.74, 6) is 0.126. The number of hydrogen-bond acceptors (Lipinski definition) is 8. The first-order valence-corrected chi connectivity index (χ1v) is 13.2. The molecule has 0 unspecified atom stereocenters. The van der Waals surface area contributed by atoms with Crippen molar-refractivity contribution < 1.29 is 18.7 Å². The summed E-state index contributed by atoms with van der Waals surface area (Å²) in [5, 5.41) is 13.0. The number of thiophene rings is 1. The molecule has 0 spiro atoms. The molecule has 1 fully saturated rings. The van der Waals surface area contributed by atoms with Crippen molar-refractivity contribution in [2.45, 2.75) is 52.1 Å². The number of likely N-dealkylation sites (tertiary alicyclic amines) is 1. The van der Waals surface area contributed by atoms with Gasteiger partial charge in [-0.2, -0.15) is 0 Å². The molecule has 2 aromatic heterocycles. The molecular formula is C26H33N5O4S. The highest BCUT2D eigenvalue weighted by Gasteiger charge is 2.27. The van der Waals surface area contributed by atoms with Crippen molar-refractivity contribution in [2.75, 3.05) is 36.4 Å². The molecule has 0 bridgehead atoms. The molecule has 0 saturated carbocycles. The van der Waals surface area contributed by atoms with Gasteiger partial charge >= 0.3 is 12.1 Å². The Labute approximate surface area is 215 Å². The Bertz CT molecular complexity index is 1130. The summed E-state index contributed by atoms with van der Waals surface area (Å²) in [7, 11) is 0. The maximum atomic E-state index is 13.0. The van der Waals surface area contributed by atoms with Crippen LogP contribution in [0.15, 0.2) is 46.2 Å². The molecule has 1 aliphatic rings. The van der Waals surface area contributed by atoms with Crippen LogP contribution in [0.5, 0.6) is 0 Å². The Morgan fingerprint density at radius 1 is 1.11 bits per heavy atom. The Kier molecular flexibility index (Phi) is 8.37. The van der Waals surface area contributed by atoms with E-state index >= 15 is 0 Å². The third-order valence-corrected chi connectivity index (χ3v) is 6.57. The molecule has 10 heteroatoms. The number of anilines is 2. The van der Waals surface area contributed by atoms with Gasteiger partial charge in [-0.15, -0.1) is 16.4 Å². The number of carbonyl (C=O) groups is 2. The monoisotopic (exact) mass is 511 g/mol. The molecule has 0 radical (unpaired) electrons. The van der Waals surface area contributed by atoms with E-state index in [4.69, 9.17) is 9.15 Å². The van der Waals surface area contributed by atoms with E-state index in [0.717, 1.165) is 26.1 Å². The Balaban J connectivity index is 1.43. The molecule has 0 atom stereocenters. The second-order valence-corrected chi connectivity index (χ2v) is 10.7. The van der Waals surface area contributed by atoms with Crippen LogP contribution >= 0.6 is 11.3 Å². The minimum Gasteiger partial charge on any atom is -0.443 e. The van der Waals surface area contributed by atoms with Crippen LogP contribution in [0, 0.1) is 0 Å². The molecule has 0 aliphatic carbocycles. The number of ether oxygens (including phenoxy) is 1. The number of aromatic nitrogens is 2. The van der Waals surface area contributed by atoms with E-state index in [-0.39, 0.29) is 17.8 Å². The molecule has 1 N–H and O–H groups in total. The molecule has 4 rings (SSSR count). The van der Waals surface area contributed by atoms with E-state index in [0.29, 0.717) is 22.7 Å². The predicted octanol–water partition coefficient (Wildman–Crippen LogP) is 5.67. The topological polar surface area (TPSA) is 101 Å². The van der Waals surface area contributed by atoms with Gasteiger partial charge in [-0.1, -0.05) is 17.6 Å². The second kappa shape index (κ2) is 11.7. The van der Waals surface area contributed by atoms with Crippen LogP contribution in [0.2, 0.25) is 0 Å². The number of amides is 2. The van der Waals surface area contributed by atoms with Gasteiger partial charge < -0.3 is 19.4 Å². The molecule has 3 aromatic rings. The van der Waals surface area contributed by atoms with Crippen molar-refractivity contribution in [3.8, 4) is 11.5 Å². The molecule has 3 heterocycles. The zero-order chi connectivity index (χ0) is 25.5. The average molecular weight is 512 g/mol. The summed E-state index contributed by atoms with van der Waals surface area (Å²) < 4.78 is 11.5. The largest absolute Gasteiger partial charge is 0.443 e. The number of benzene rings is 1. The summed E-state index contributed by atoms with van der Waals surface area (Å²) in [5.41, 5.74) is 0.694. The van der Waals surface area contributed by atoms with Crippen molar-refractivity contribution >= 4 is 35.0 Å². The highest BCUT2D eigenvalue weighted by Crippen LogP contribution is 2.25. The van der Waals surface area contributed by atoms with Crippen LogP contribution in [-0.4, -0.2) is 58.9 Å². The Hall–Kier alpha value is -3.24. The normalized spacial score (nSPS) is 14.4. The predicted molar refractivity (Wildman–Crippen MR) is 140 cm³/mol. The van der Waals surface area contributed by atoms with Gasteiger partial charge in [0.1, 0.15) is 5.60 Å². The van der Waals surface area contributed by atoms with Crippen LogP contribution in [-0.2, 0) is 4.74 Å². The Morgan fingerprint density at radius 2 is 1.86 bits per heavy atom. The number of piperidine rings is 1. The first-order valence-electron chi connectivity index (χ1n) is 12.3. The van der Waals surface area contributed by atoms with Gasteiger partial charge in [-0.25, -0.2) is 9.69 Å². The van der Waals surface area contributed by atoms with Crippen LogP contribution in [0.3, 0.4) is 0 Å². The van der Waals surface area contributed by atoms with E-state index in [1.54, 1.807) is 30.3 Å². The van der Waals surface area contributed by atoms with E-state index < -0.39 is 11.7 Å². The molecule has 9 nitrogen and oxygen atoms in total. The third-order valence-electron chi connectivity index (χ3n) is 5.70. The van der Waals surface area contributed by atoms with Gasteiger partial charge in [0.15, 0.2) is 0 Å². The molecular weight excluding hydrogens is 478 g/mol. The SMILES string of the molecule is CC(C)(C)OC(=O)N(CCCN1CCCCC1)c1nnc(-c2ccc(NC(=O)c3cccs3)cc2)o1. The van der Waals surface area contributed by atoms with Gasteiger partial charge in [0.2, 0.25) is 5.89 Å². The highest BCUT2D eigenvalue weighted by atomic mass is 32.1. The summed E-state index contributed by atoms with van der Waals surface area (Å²) in [6.45, 7) is 9.00. The summed E-state index contributed by atoms with van der Waals surface area (Å²) in [6, 6.07) is 10.8. The lowest BCUT2D eigenvalue weighted by Crippen LogP contribution is -2.39. The third kappa shape index (κ3) is 7.14. The average Bonchev–Trinajstić information content (AvgIpc) is 3.55. The van der Waals surface area contributed by atoms with Gasteiger partial charge in [0.25, 0.3) is 5.91 Å². The number of nitrogens with zero attached hydrogens (tertiary/aromatic N) is 4. The number of carbonyl (C=O) groups excluding carboxylic acids is 2. The minimum absolute atomic E-state index is 0.105. The fourth-order valence-electron chi connectivity index (χ4n) is 3.96. The van der Waals surface area contributed by atoms with Crippen molar-refractivity contribution in [2.24, 2.45) is 0 Å². The van der Waals surface area contributed by atoms with Gasteiger partial charge in [-0.3, -0.25) is 4.79 Å². The summed E-state index contributed by atoms with van der Waals surface area (Å²) in [4.78, 5) is 29.7. The summed E-state index contributed by atoms with van der Waals surface area (Å²) in [6.07, 6.45) is 3.99. The van der Waals surface area contributed by atoms with Gasteiger partial charge in [0.05, 0.1) is 4.88 Å². The van der Waals surface area contributed by atoms with Crippen LogP contribution in [0.4, 0.5) is 16.5 Å². The van der Waals surface area contributed by atoms with E-state index in [2.05, 4.69) is 20.4 Å². The number of hydrogen-bond donors (Lipinski definition) is 1. The number of rotatable bonds is 8. The van der Waals surface area contributed by atoms with Gasteiger partial charge in [-0.05, 0) is 95.4 Å². The smallest absolute Gasteiger partial charge is 0.418 e. The second-order valence-electron chi connectivity index (χ2n) is 9.79. The van der Waals surface area contributed by atoms with E-state index in [9.17, 15) is 9.59 Å². The zero-order valence-electron chi connectivity index (χ0n) is 21.0. The quantitative estimate of drug-likeness (QED) is 0.416. The highest BCUT2D eigenvalue weighted by molar-refractivity contribution is 7.12. The van der Waals surface area contributed by atoms with E-state index in [1.807, 2.05) is 32.2 Å². The lowest BCUT2D eigenvalue weighted by atomic mass is 10.1. The first kappa shape index (κ1) is 25.8. The molecule has 192 valence electrons. The zero-order valence-corrected chi connectivity index (χ0v) is 21.8. The molecule has 1 aromatic carbocycles. The molecule has 36 heavy (non-hydrogen) atoms. The first-order chi connectivity index (χ1) is 17.3. The lowest BCUT2D eigenvalue weighted by molar-refractivity contribution is 0.0571. The van der Waals surface area contributed by atoms with Crippen molar-refractivity contribution in [1.29, 1.82) is 0 Å². The van der Waals surface area contributed by atoms with Crippen LogP contribution in [0.1, 0.15) is 56.1 Å². The maximum absolute atomic E-state index is 13.0. The molecule has 1 aliphatic heterocycles. The summed E-state index contributed by atoms with van der Waals surface area (Å²) >= 11 is 1.38. The van der Waals surface area contributed by atoms with Crippen LogP contribution < -0.4 is 10.2 Å². The van der Waals surface area contributed by atoms with Crippen molar-refractivity contribution in [1.82, 2.24) is 15.1 Å². The fraction of sp³-hybridized carbons (Fsp3) is 0.462. The molecule has 2 amide bonds. The maximum Gasteiger partial charge on any atom is 0.418 e. The number of nitrogens with one attached hydrogen (secondary N) is 1. The Morgan fingerprint density at radius 3 is 2.53 bits per heavy atom. The van der Waals surface area contributed by atoms with Crippen molar-refractivity contribution in [3.05, 3.63) is 46.7 Å².